The number of anilines is 2. The Hall–Kier alpha value is -4.34. The normalized spacial score (nSPS) is 10.2. The number of benzene rings is 2. The Kier molecular flexibility index (Phi) is 5.74. The van der Waals surface area contributed by atoms with E-state index in [9.17, 15) is 19.2 Å². The highest BCUT2D eigenvalue weighted by Gasteiger charge is 2.17. The molecule has 0 aliphatic rings. The van der Waals surface area contributed by atoms with Crippen molar-refractivity contribution in [1.29, 1.82) is 0 Å². The van der Waals surface area contributed by atoms with Gasteiger partial charge in [-0.25, -0.2) is 9.59 Å². The van der Waals surface area contributed by atoms with Crippen LogP contribution >= 0.6 is 0 Å². The summed E-state index contributed by atoms with van der Waals surface area (Å²) in [4.78, 5) is 50.8. The Balaban J connectivity index is 1.65. The van der Waals surface area contributed by atoms with Crippen LogP contribution in [-0.4, -0.2) is 28.5 Å². The zero-order chi connectivity index (χ0) is 20.8. The van der Waals surface area contributed by atoms with Gasteiger partial charge in [-0.05, 0) is 24.3 Å². The first-order chi connectivity index (χ1) is 13.9. The lowest BCUT2D eigenvalue weighted by Crippen LogP contribution is -2.30. The SMILES string of the molecule is Nc1c(C(=O)OCC(=O)Nc2ccccc2Oc2ccccc2)[nH]c(=O)[nH]c1=O. The number of aromatic amines is 2. The molecule has 0 saturated heterocycles. The molecule has 1 aromatic heterocycles. The largest absolute Gasteiger partial charge is 0.455 e. The minimum atomic E-state index is -1.12. The number of carbonyl (C=O) groups excluding carboxylic acids is 2. The number of hydrogen-bond acceptors (Lipinski definition) is 7. The van der Waals surface area contributed by atoms with E-state index in [1.165, 1.54) is 0 Å². The number of esters is 1. The molecule has 148 valence electrons. The number of nitrogens with two attached hydrogens (primary N) is 1. The van der Waals surface area contributed by atoms with Gasteiger partial charge in [-0.1, -0.05) is 30.3 Å². The lowest BCUT2D eigenvalue weighted by atomic mass is 10.3. The molecule has 0 unspecified atom stereocenters. The lowest BCUT2D eigenvalue weighted by molar-refractivity contribution is -0.119. The second-order valence-corrected chi connectivity index (χ2v) is 5.73. The summed E-state index contributed by atoms with van der Waals surface area (Å²) in [5, 5.41) is 2.56. The topological polar surface area (TPSA) is 156 Å². The molecular weight excluding hydrogens is 380 g/mol. The van der Waals surface area contributed by atoms with E-state index in [0.717, 1.165) is 0 Å². The van der Waals surface area contributed by atoms with E-state index in [2.05, 4.69) is 10.3 Å². The van der Waals surface area contributed by atoms with E-state index in [1.54, 1.807) is 48.5 Å². The van der Waals surface area contributed by atoms with Gasteiger partial charge in [-0.2, -0.15) is 0 Å². The van der Waals surface area contributed by atoms with Crippen molar-refractivity contribution in [2.75, 3.05) is 17.7 Å². The van der Waals surface area contributed by atoms with Crippen LogP contribution in [0.15, 0.2) is 64.2 Å². The molecule has 0 fully saturated rings. The predicted molar refractivity (Wildman–Crippen MR) is 104 cm³/mol. The second-order valence-electron chi connectivity index (χ2n) is 5.73. The van der Waals surface area contributed by atoms with Crippen molar-refractivity contribution in [2.45, 2.75) is 0 Å². The average molecular weight is 396 g/mol. The molecule has 29 heavy (non-hydrogen) atoms. The molecular formula is C19H16N4O6. The standard InChI is InChI=1S/C19H16N4O6/c20-15-16(22-19(27)23-17(15)25)18(26)28-10-14(24)21-12-8-4-5-9-13(12)29-11-6-2-1-3-7-11/h1-9H,10,20H2,(H,21,24)(H2,22,23,25,27). The van der Waals surface area contributed by atoms with Crippen LogP contribution in [0.1, 0.15) is 10.5 Å². The van der Waals surface area contributed by atoms with Gasteiger partial charge < -0.3 is 20.5 Å². The maximum absolute atomic E-state index is 12.2. The summed E-state index contributed by atoms with van der Waals surface area (Å²) in [5.41, 5.74) is 2.90. The number of amides is 1. The Morgan fingerprint density at radius 2 is 1.66 bits per heavy atom. The maximum Gasteiger partial charge on any atom is 0.357 e. The molecule has 5 N–H and O–H groups in total. The number of H-pyrrole nitrogens is 2. The molecule has 10 nitrogen and oxygen atoms in total. The fraction of sp³-hybridized carbons (Fsp3) is 0.0526. The van der Waals surface area contributed by atoms with E-state index in [0.29, 0.717) is 17.2 Å². The Bertz CT molecular complexity index is 1150. The zero-order valence-corrected chi connectivity index (χ0v) is 14.9. The fourth-order valence-electron chi connectivity index (χ4n) is 2.32. The van der Waals surface area contributed by atoms with Crippen LogP contribution in [0, 0.1) is 0 Å². The smallest absolute Gasteiger partial charge is 0.357 e. The summed E-state index contributed by atoms with van der Waals surface area (Å²) < 4.78 is 10.5. The Morgan fingerprint density at radius 1 is 0.966 bits per heavy atom. The van der Waals surface area contributed by atoms with Gasteiger partial charge in [0.1, 0.15) is 11.4 Å². The van der Waals surface area contributed by atoms with Crippen molar-refractivity contribution in [2.24, 2.45) is 0 Å². The summed E-state index contributed by atoms with van der Waals surface area (Å²) in [6.45, 7) is -0.674. The zero-order valence-electron chi connectivity index (χ0n) is 14.9. The molecule has 2 aromatic carbocycles. The van der Waals surface area contributed by atoms with Crippen LogP contribution in [0.2, 0.25) is 0 Å². The van der Waals surface area contributed by atoms with Gasteiger partial charge in [-0.3, -0.25) is 19.6 Å². The number of nitrogen functional groups attached to an aromatic ring is 1. The van der Waals surface area contributed by atoms with Crippen molar-refractivity contribution < 1.29 is 19.1 Å². The highest BCUT2D eigenvalue weighted by atomic mass is 16.5. The molecule has 3 rings (SSSR count). The van der Waals surface area contributed by atoms with Crippen molar-refractivity contribution >= 4 is 23.3 Å². The van der Waals surface area contributed by atoms with Gasteiger partial charge in [0.25, 0.3) is 11.5 Å². The molecule has 0 saturated carbocycles. The average Bonchev–Trinajstić information content (AvgIpc) is 2.71. The molecule has 3 aromatic rings. The molecule has 1 heterocycles. The third-order valence-corrected chi connectivity index (χ3v) is 3.65. The molecule has 0 bridgehead atoms. The monoisotopic (exact) mass is 396 g/mol. The summed E-state index contributed by atoms with van der Waals surface area (Å²) in [5.74, 6) is -0.807. The van der Waals surface area contributed by atoms with Crippen LogP contribution < -0.4 is 27.0 Å². The molecule has 0 aliphatic heterocycles. The number of carbonyl (C=O) groups is 2. The van der Waals surface area contributed by atoms with E-state index in [-0.39, 0.29) is 0 Å². The van der Waals surface area contributed by atoms with Crippen molar-refractivity contribution in [3.63, 3.8) is 0 Å². The highest BCUT2D eigenvalue weighted by Crippen LogP contribution is 2.28. The predicted octanol–water partition coefficient (Wildman–Crippen LogP) is 1.23. The highest BCUT2D eigenvalue weighted by molar-refractivity contribution is 5.97. The van der Waals surface area contributed by atoms with Gasteiger partial charge in [-0.15, -0.1) is 0 Å². The van der Waals surface area contributed by atoms with E-state index in [1.807, 2.05) is 11.1 Å². The summed E-state index contributed by atoms with van der Waals surface area (Å²) in [6, 6.07) is 15.7. The maximum atomic E-state index is 12.2. The minimum absolute atomic E-state index is 0.362. The third-order valence-electron chi connectivity index (χ3n) is 3.65. The first kappa shape index (κ1) is 19.4. The lowest BCUT2D eigenvalue weighted by Gasteiger charge is -2.12. The van der Waals surface area contributed by atoms with Crippen molar-refractivity contribution in [3.8, 4) is 11.5 Å². The number of rotatable bonds is 6. The molecule has 10 heteroatoms. The van der Waals surface area contributed by atoms with E-state index < -0.39 is 41.1 Å². The first-order valence-electron chi connectivity index (χ1n) is 8.35. The van der Waals surface area contributed by atoms with Gasteiger partial charge in [0.05, 0.1) is 5.69 Å². The van der Waals surface area contributed by atoms with Crippen LogP contribution in [0.4, 0.5) is 11.4 Å². The van der Waals surface area contributed by atoms with Crippen LogP contribution in [0.25, 0.3) is 0 Å². The van der Waals surface area contributed by atoms with E-state index >= 15 is 0 Å². The van der Waals surface area contributed by atoms with Gasteiger partial charge in [0, 0.05) is 0 Å². The number of nitrogens with one attached hydrogen (secondary N) is 3. The van der Waals surface area contributed by atoms with Crippen LogP contribution in [0.3, 0.4) is 0 Å². The number of ether oxygens (including phenoxy) is 2. The summed E-state index contributed by atoms with van der Waals surface area (Å²) in [7, 11) is 0. The third kappa shape index (κ3) is 4.89. The van der Waals surface area contributed by atoms with Gasteiger partial charge in [0.2, 0.25) is 0 Å². The Morgan fingerprint density at radius 3 is 2.41 bits per heavy atom. The molecule has 0 radical (unpaired) electrons. The molecule has 0 atom stereocenters. The van der Waals surface area contributed by atoms with E-state index in [4.69, 9.17) is 15.2 Å². The van der Waals surface area contributed by atoms with Crippen LogP contribution in [0.5, 0.6) is 11.5 Å². The van der Waals surface area contributed by atoms with Crippen molar-refractivity contribution in [1.82, 2.24) is 9.97 Å². The molecule has 1 amide bonds. The van der Waals surface area contributed by atoms with Crippen LogP contribution in [-0.2, 0) is 9.53 Å². The fourth-order valence-corrected chi connectivity index (χ4v) is 2.32. The summed E-state index contributed by atoms with van der Waals surface area (Å²) >= 11 is 0. The first-order valence-corrected chi connectivity index (χ1v) is 8.35. The molecule has 0 aliphatic carbocycles. The second kappa shape index (κ2) is 8.57. The number of aromatic nitrogens is 2. The summed E-state index contributed by atoms with van der Waals surface area (Å²) in [6.07, 6.45) is 0. The Labute approximate surface area is 163 Å². The molecule has 0 spiro atoms. The van der Waals surface area contributed by atoms with Gasteiger partial charge >= 0.3 is 11.7 Å². The number of para-hydroxylation sites is 3. The number of hydrogen-bond donors (Lipinski definition) is 4. The quantitative estimate of drug-likeness (QED) is 0.457. The van der Waals surface area contributed by atoms with Gasteiger partial charge in [0.15, 0.2) is 18.1 Å². The van der Waals surface area contributed by atoms with Crippen molar-refractivity contribution in [3.05, 3.63) is 81.1 Å². The minimum Gasteiger partial charge on any atom is -0.455 e.